The lowest BCUT2D eigenvalue weighted by molar-refractivity contribution is 0.0698. The number of hydrogen-bond acceptors (Lipinski definition) is 4. The van der Waals surface area contributed by atoms with Crippen molar-refractivity contribution in [3.63, 3.8) is 0 Å². The van der Waals surface area contributed by atoms with Crippen molar-refractivity contribution >= 4 is 17.0 Å². The van der Waals surface area contributed by atoms with Gasteiger partial charge in [-0.3, -0.25) is 14.8 Å². The van der Waals surface area contributed by atoms with Gasteiger partial charge in [-0.15, -0.1) is 0 Å². The summed E-state index contributed by atoms with van der Waals surface area (Å²) in [6.45, 7) is 1.57. The van der Waals surface area contributed by atoms with Crippen molar-refractivity contribution in [2.75, 3.05) is 0 Å². The molecule has 16 heavy (non-hydrogen) atoms. The summed E-state index contributed by atoms with van der Waals surface area (Å²) < 4.78 is 0. The molecule has 0 amide bonds. The van der Waals surface area contributed by atoms with Gasteiger partial charge in [0, 0.05) is 5.69 Å². The number of aryl methyl sites for hydroxylation is 1. The second-order valence-electron chi connectivity index (χ2n) is 3.25. The Labute approximate surface area is 87.8 Å². The number of aromatic carboxylic acids is 1. The van der Waals surface area contributed by atoms with E-state index in [4.69, 9.17) is 5.11 Å². The van der Waals surface area contributed by atoms with Crippen molar-refractivity contribution in [2.24, 2.45) is 0 Å². The van der Waals surface area contributed by atoms with Crippen LogP contribution in [-0.4, -0.2) is 26.0 Å². The third-order valence-electron chi connectivity index (χ3n) is 2.06. The van der Waals surface area contributed by atoms with Gasteiger partial charge >= 0.3 is 11.7 Å². The fourth-order valence-corrected chi connectivity index (χ4v) is 1.47. The maximum Gasteiger partial charge on any atom is 0.336 e. The number of hydrogen-bond donors (Lipinski definition) is 3. The normalized spacial score (nSPS) is 10.6. The molecular formula is C9H7N3O4. The average molecular weight is 221 g/mol. The SMILES string of the molecule is Cc1cc(C(=O)O)c2c(=O)[nH]c(=O)[nH]c2n1. The minimum atomic E-state index is -1.24. The van der Waals surface area contributed by atoms with E-state index in [0.717, 1.165) is 0 Å². The molecular weight excluding hydrogens is 214 g/mol. The minimum absolute atomic E-state index is 0.0221. The highest BCUT2D eigenvalue weighted by atomic mass is 16.4. The van der Waals surface area contributed by atoms with Gasteiger partial charge in [0.05, 0.1) is 10.9 Å². The van der Waals surface area contributed by atoms with Crippen molar-refractivity contribution in [3.8, 4) is 0 Å². The molecule has 7 nitrogen and oxygen atoms in total. The van der Waals surface area contributed by atoms with E-state index in [1.807, 2.05) is 4.98 Å². The largest absolute Gasteiger partial charge is 0.478 e. The zero-order valence-corrected chi connectivity index (χ0v) is 8.20. The van der Waals surface area contributed by atoms with Crippen molar-refractivity contribution in [1.29, 1.82) is 0 Å². The smallest absolute Gasteiger partial charge is 0.336 e. The van der Waals surface area contributed by atoms with Crippen LogP contribution in [0.4, 0.5) is 0 Å². The third-order valence-corrected chi connectivity index (χ3v) is 2.06. The lowest BCUT2D eigenvalue weighted by atomic mass is 10.1. The number of nitrogens with one attached hydrogen (secondary N) is 2. The van der Waals surface area contributed by atoms with Crippen LogP contribution in [0.3, 0.4) is 0 Å². The molecule has 0 radical (unpaired) electrons. The zero-order valence-electron chi connectivity index (χ0n) is 8.20. The van der Waals surface area contributed by atoms with Crippen LogP contribution < -0.4 is 11.2 Å². The number of aromatic amines is 2. The highest BCUT2D eigenvalue weighted by molar-refractivity contribution is 6.01. The van der Waals surface area contributed by atoms with E-state index in [2.05, 4.69) is 9.97 Å². The Balaban J connectivity index is 3.07. The summed E-state index contributed by atoms with van der Waals surface area (Å²) in [6.07, 6.45) is 0. The number of carboxylic acids is 1. The monoisotopic (exact) mass is 221 g/mol. The first-order valence-electron chi connectivity index (χ1n) is 4.36. The van der Waals surface area contributed by atoms with Crippen molar-refractivity contribution in [2.45, 2.75) is 6.92 Å². The van der Waals surface area contributed by atoms with Gasteiger partial charge in [0.15, 0.2) is 0 Å². The molecule has 0 spiro atoms. The van der Waals surface area contributed by atoms with Crippen LogP contribution in [-0.2, 0) is 0 Å². The fraction of sp³-hybridized carbons (Fsp3) is 0.111. The lowest BCUT2D eigenvalue weighted by Gasteiger charge is -2.01. The molecule has 0 aliphatic heterocycles. The molecule has 0 aliphatic rings. The van der Waals surface area contributed by atoms with Crippen molar-refractivity contribution in [1.82, 2.24) is 15.0 Å². The van der Waals surface area contributed by atoms with E-state index in [1.54, 1.807) is 6.92 Å². The second-order valence-corrected chi connectivity index (χ2v) is 3.25. The minimum Gasteiger partial charge on any atom is -0.478 e. The van der Waals surface area contributed by atoms with Gasteiger partial charge in [-0.05, 0) is 13.0 Å². The lowest BCUT2D eigenvalue weighted by Crippen LogP contribution is -2.24. The number of fused-ring (bicyclic) bond motifs is 1. The van der Waals surface area contributed by atoms with Gasteiger partial charge in [0.1, 0.15) is 5.65 Å². The molecule has 2 aromatic rings. The Morgan fingerprint density at radius 2 is 2.06 bits per heavy atom. The molecule has 0 atom stereocenters. The molecule has 3 N–H and O–H groups in total. The molecule has 0 saturated heterocycles. The summed E-state index contributed by atoms with van der Waals surface area (Å²) in [5, 5.41) is 8.80. The Morgan fingerprint density at radius 1 is 1.38 bits per heavy atom. The summed E-state index contributed by atoms with van der Waals surface area (Å²) >= 11 is 0. The number of H-pyrrole nitrogens is 2. The first-order chi connectivity index (χ1) is 7.49. The third kappa shape index (κ3) is 1.48. The van der Waals surface area contributed by atoms with Crippen LogP contribution in [0.5, 0.6) is 0 Å². The van der Waals surface area contributed by atoms with Crippen LogP contribution in [0.1, 0.15) is 16.1 Å². The summed E-state index contributed by atoms with van der Waals surface area (Å²) in [5.41, 5.74) is -1.27. The molecule has 0 bridgehead atoms. The Hall–Kier alpha value is -2.44. The number of carbonyl (C=O) groups is 1. The van der Waals surface area contributed by atoms with Gasteiger partial charge in [0.2, 0.25) is 0 Å². The predicted molar refractivity (Wildman–Crippen MR) is 54.7 cm³/mol. The second kappa shape index (κ2) is 3.30. The molecule has 2 aromatic heterocycles. The van der Waals surface area contributed by atoms with E-state index >= 15 is 0 Å². The first kappa shape index (κ1) is 10.1. The molecule has 0 aromatic carbocycles. The van der Waals surface area contributed by atoms with E-state index < -0.39 is 17.2 Å². The maximum absolute atomic E-state index is 11.5. The summed E-state index contributed by atoms with van der Waals surface area (Å²) in [6, 6.07) is 1.28. The Kier molecular flexibility index (Phi) is 2.08. The summed E-state index contributed by atoms with van der Waals surface area (Å²) in [7, 11) is 0. The summed E-state index contributed by atoms with van der Waals surface area (Å²) in [4.78, 5) is 41.5. The number of rotatable bonds is 1. The molecule has 0 aliphatic carbocycles. The van der Waals surface area contributed by atoms with Gasteiger partial charge in [-0.25, -0.2) is 14.6 Å². The van der Waals surface area contributed by atoms with Gasteiger partial charge in [-0.2, -0.15) is 0 Å². The Morgan fingerprint density at radius 3 is 2.69 bits per heavy atom. The average Bonchev–Trinajstić information content (AvgIpc) is 2.14. The molecule has 2 rings (SSSR count). The van der Waals surface area contributed by atoms with Crippen molar-refractivity contribution in [3.05, 3.63) is 38.2 Å². The van der Waals surface area contributed by atoms with E-state index in [9.17, 15) is 14.4 Å². The quantitative estimate of drug-likeness (QED) is 0.606. The standard InChI is InChI=1S/C9H7N3O4/c1-3-2-4(8(14)15)5-6(10-3)11-9(16)12-7(5)13/h2H,1H3,(H,14,15)(H2,10,11,12,13,16). The van der Waals surface area contributed by atoms with E-state index in [0.29, 0.717) is 5.69 Å². The molecule has 2 heterocycles. The highest BCUT2D eigenvalue weighted by Gasteiger charge is 2.14. The van der Waals surface area contributed by atoms with Crippen LogP contribution in [0.15, 0.2) is 15.7 Å². The number of pyridine rings is 1. The molecule has 82 valence electrons. The number of nitrogens with zero attached hydrogens (tertiary/aromatic N) is 1. The molecule has 7 heteroatoms. The fourth-order valence-electron chi connectivity index (χ4n) is 1.47. The van der Waals surface area contributed by atoms with Gasteiger partial charge in [0.25, 0.3) is 5.56 Å². The zero-order chi connectivity index (χ0) is 11.9. The summed E-state index contributed by atoms with van der Waals surface area (Å²) in [5.74, 6) is -1.24. The number of aromatic nitrogens is 3. The van der Waals surface area contributed by atoms with Crippen LogP contribution in [0.25, 0.3) is 11.0 Å². The molecule has 0 saturated carbocycles. The van der Waals surface area contributed by atoms with Gasteiger partial charge in [-0.1, -0.05) is 0 Å². The molecule has 0 fully saturated rings. The van der Waals surface area contributed by atoms with Crippen molar-refractivity contribution < 1.29 is 9.90 Å². The van der Waals surface area contributed by atoms with Crippen LogP contribution in [0, 0.1) is 6.92 Å². The topological polar surface area (TPSA) is 116 Å². The predicted octanol–water partition coefficient (Wildman–Crippen LogP) is -0.382. The van der Waals surface area contributed by atoms with Gasteiger partial charge < -0.3 is 5.11 Å². The highest BCUT2D eigenvalue weighted by Crippen LogP contribution is 2.11. The Bertz CT molecular complexity index is 698. The molecule has 0 unspecified atom stereocenters. The first-order valence-corrected chi connectivity index (χ1v) is 4.36. The van der Waals surface area contributed by atoms with Crippen LogP contribution >= 0.6 is 0 Å². The number of carboxylic acid groups (broad SMARTS) is 1. The maximum atomic E-state index is 11.5. The van der Waals surface area contributed by atoms with Crippen LogP contribution in [0.2, 0.25) is 0 Å². The van der Waals surface area contributed by atoms with E-state index in [1.165, 1.54) is 6.07 Å². The van der Waals surface area contributed by atoms with E-state index in [-0.39, 0.29) is 16.6 Å².